The first kappa shape index (κ1) is 13.5. The minimum absolute atomic E-state index is 0.179. The number of aromatic nitrogens is 1. The Bertz CT molecular complexity index is 1130. The fraction of sp³-hybridized carbons (Fsp3) is 0.211. The number of hydrogen-bond donors (Lipinski definition) is 2. The van der Waals surface area contributed by atoms with Crippen LogP contribution in [0.1, 0.15) is 50.5 Å². The van der Waals surface area contributed by atoms with Crippen molar-refractivity contribution in [2.45, 2.75) is 20.4 Å². The fourth-order valence-electron chi connectivity index (χ4n) is 4.03. The lowest BCUT2D eigenvalue weighted by Gasteiger charge is -2.11. The number of carbonyl (C=O) groups is 3. The van der Waals surface area contributed by atoms with Gasteiger partial charge in [0.25, 0.3) is 5.91 Å². The van der Waals surface area contributed by atoms with E-state index < -0.39 is 5.41 Å². The van der Waals surface area contributed by atoms with Gasteiger partial charge in [-0.2, -0.15) is 0 Å². The average Bonchev–Trinajstić information content (AvgIpc) is 3.17. The number of ketones is 2. The van der Waals surface area contributed by atoms with E-state index in [9.17, 15) is 14.4 Å². The van der Waals surface area contributed by atoms with Gasteiger partial charge in [-0.1, -0.05) is 18.2 Å². The largest absolute Gasteiger partial charge is 0.354 e. The summed E-state index contributed by atoms with van der Waals surface area (Å²) in [5.41, 5.74) is 2.41. The fourth-order valence-corrected chi connectivity index (χ4v) is 4.03. The predicted molar refractivity (Wildman–Crippen MR) is 89.4 cm³/mol. The smallest absolute Gasteiger partial charge is 0.252 e. The van der Waals surface area contributed by atoms with Gasteiger partial charge < -0.3 is 10.3 Å². The molecule has 1 amide bonds. The van der Waals surface area contributed by atoms with Gasteiger partial charge in [-0.25, -0.2) is 0 Å². The summed E-state index contributed by atoms with van der Waals surface area (Å²) in [6.07, 6.45) is 0. The molecular weight excluding hydrogens is 304 g/mol. The molecule has 2 aromatic carbocycles. The number of hydrogen-bond acceptors (Lipinski definition) is 3. The van der Waals surface area contributed by atoms with Crippen LogP contribution in [0.5, 0.6) is 0 Å². The normalized spacial score (nSPS) is 18.3. The maximum absolute atomic E-state index is 13.0. The molecule has 0 unspecified atom stereocenters. The Morgan fingerprint density at radius 1 is 0.958 bits per heavy atom. The molecule has 0 spiro atoms. The Hall–Kier alpha value is -2.95. The average molecular weight is 318 g/mol. The maximum Gasteiger partial charge on any atom is 0.252 e. The van der Waals surface area contributed by atoms with E-state index in [0.29, 0.717) is 34.3 Å². The molecule has 0 bridgehead atoms. The van der Waals surface area contributed by atoms with Crippen LogP contribution in [0.3, 0.4) is 0 Å². The maximum atomic E-state index is 13.0. The van der Waals surface area contributed by atoms with Gasteiger partial charge in [-0.05, 0) is 25.5 Å². The topological polar surface area (TPSA) is 79.0 Å². The second-order valence-corrected chi connectivity index (χ2v) is 6.99. The third kappa shape index (κ3) is 1.30. The highest BCUT2D eigenvalue weighted by Crippen LogP contribution is 2.46. The summed E-state index contributed by atoms with van der Waals surface area (Å²) in [6, 6.07) is 7.64. The minimum atomic E-state index is -1.09. The van der Waals surface area contributed by atoms with Crippen LogP contribution in [0.25, 0.3) is 21.8 Å². The number of nitrogens with one attached hydrogen (secondary N) is 2. The molecule has 0 fully saturated rings. The van der Waals surface area contributed by atoms with Gasteiger partial charge in [-0.15, -0.1) is 0 Å². The lowest BCUT2D eigenvalue weighted by Crippen LogP contribution is -2.25. The number of carbonyl (C=O) groups excluding carboxylic acids is 3. The predicted octanol–water partition coefficient (Wildman–Crippen LogP) is 2.97. The van der Waals surface area contributed by atoms with Crippen LogP contribution in [0.4, 0.5) is 0 Å². The summed E-state index contributed by atoms with van der Waals surface area (Å²) in [5, 5.41) is 4.45. The summed E-state index contributed by atoms with van der Waals surface area (Å²) in [4.78, 5) is 41.5. The summed E-state index contributed by atoms with van der Waals surface area (Å²) in [7, 11) is 0. The second-order valence-electron chi connectivity index (χ2n) is 6.99. The lowest BCUT2D eigenvalue weighted by atomic mass is 9.87. The van der Waals surface area contributed by atoms with E-state index in [1.165, 1.54) is 0 Å². The SMILES string of the molecule is CC1(C)C(=O)c2c3c(c4c([nH]c5ccccc54)c2C1=O)C(=O)NC3. The molecule has 0 saturated carbocycles. The number of Topliss-reactive ketones (excluding diaryl/α,β-unsaturated/α-hetero) is 2. The zero-order valence-electron chi connectivity index (χ0n) is 13.2. The van der Waals surface area contributed by atoms with Crippen molar-refractivity contribution in [3.8, 4) is 0 Å². The van der Waals surface area contributed by atoms with Crippen LogP contribution in [-0.2, 0) is 6.54 Å². The van der Waals surface area contributed by atoms with E-state index in [2.05, 4.69) is 10.3 Å². The molecule has 5 rings (SSSR count). The highest BCUT2D eigenvalue weighted by molar-refractivity contribution is 6.37. The van der Waals surface area contributed by atoms with Crippen LogP contribution in [-0.4, -0.2) is 22.5 Å². The Labute approximate surface area is 137 Å². The van der Waals surface area contributed by atoms with Gasteiger partial charge in [0.05, 0.1) is 22.1 Å². The van der Waals surface area contributed by atoms with E-state index in [1.54, 1.807) is 13.8 Å². The van der Waals surface area contributed by atoms with Crippen molar-refractivity contribution >= 4 is 39.3 Å². The lowest BCUT2D eigenvalue weighted by molar-refractivity contribution is 0.0746. The molecule has 118 valence electrons. The highest BCUT2D eigenvalue weighted by Gasteiger charge is 2.50. The van der Waals surface area contributed by atoms with E-state index >= 15 is 0 Å². The number of H-pyrrole nitrogens is 1. The quantitative estimate of drug-likeness (QED) is 0.625. The summed E-state index contributed by atoms with van der Waals surface area (Å²) in [6.45, 7) is 3.60. The highest BCUT2D eigenvalue weighted by atomic mass is 16.2. The van der Waals surface area contributed by atoms with Crippen LogP contribution >= 0.6 is 0 Å². The molecule has 1 aromatic heterocycles. The van der Waals surface area contributed by atoms with Crippen molar-refractivity contribution in [2.24, 2.45) is 5.41 Å². The third-order valence-corrected chi connectivity index (χ3v) is 5.30. The number of benzene rings is 2. The first-order valence-corrected chi connectivity index (χ1v) is 7.90. The molecule has 3 aromatic rings. The molecule has 24 heavy (non-hydrogen) atoms. The molecule has 0 radical (unpaired) electrons. The zero-order valence-corrected chi connectivity index (χ0v) is 13.2. The van der Waals surface area contributed by atoms with Crippen LogP contribution in [0, 0.1) is 5.41 Å². The third-order valence-electron chi connectivity index (χ3n) is 5.30. The molecule has 1 aliphatic carbocycles. The molecular formula is C19H14N2O3. The van der Waals surface area contributed by atoms with Gasteiger partial charge in [-0.3, -0.25) is 14.4 Å². The van der Waals surface area contributed by atoms with E-state index in [4.69, 9.17) is 0 Å². The number of rotatable bonds is 0. The van der Waals surface area contributed by atoms with Gasteiger partial charge >= 0.3 is 0 Å². The van der Waals surface area contributed by atoms with Crippen LogP contribution < -0.4 is 5.32 Å². The molecule has 1 aliphatic heterocycles. The number of fused-ring (bicyclic) bond motifs is 8. The van der Waals surface area contributed by atoms with Gasteiger partial charge in [0.15, 0.2) is 11.6 Å². The van der Waals surface area contributed by atoms with Crippen molar-refractivity contribution in [2.75, 3.05) is 0 Å². The van der Waals surface area contributed by atoms with Crippen molar-refractivity contribution in [1.82, 2.24) is 10.3 Å². The van der Waals surface area contributed by atoms with Gasteiger partial charge in [0.1, 0.15) is 0 Å². The summed E-state index contributed by atoms with van der Waals surface area (Å²) in [5.74, 6) is -0.565. The number of aromatic amines is 1. The Morgan fingerprint density at radius 3 is 2.46 bits per heavy atom. The Kier molecular flexibility index (Phi) is 2.21. The molecule has 0 saturated heterocycles. The van der Waals surface area contributed by atoms with Crippen molar-refractivity contribution in [1.29, 1.82) is 0 Å². The Morgan fingerprint density at radius 2 is 1.67 bits per heavy atom. The van der Waals surface area contributed by atoms with E-state index in [0.717, 1.165) is 16.3 Å². The first-order valence-electron chi connectivity index (χ1n) is 7.90. The van der Waals surface area contributed by atoms with Gasteiger partial charge in [0, 0.05) is 28.4 Å². The van der Waals surface area contributed by atoms with Crippen molar-refractivity contribution in [3.63, 3.8) is 0 Å². The number of para-hydroxylation sites is 1. The molecule has 5 heteroatoms. The Balaban J connectivity index is 2.10. The minimum Gasteiger partial charge on any atom is -0.354 e. The summed E-state index contributed by atoms with van der Waals surface area (Å²) < 4.78 is 0. The van der Waals surface area contributed by atoms with E-state index in [1.807, 2.05) is 24.3 Å². The molecule has 0 atom stereocenters. The van der Waals surface area contributed by atoms with Crippen molar-refractivity contribution in [3.05, 3.63) is 46.5 Å². The van der Waals surface area contributed by atoms with Gasteiger partial charge in [0.2, 0.25) is 0 Å². The van der Waals surface area contributed by atoms with Crippen LogP contribution in [0.15, 0.2) is 24.3 Å². The monoisotopic (exact) mass is 318 g/mol. The number of amides is 1. The second kappa shape index (κ2) is 3.93. The molecule has 2 N–H and O–H groups in total. The summed E-state index contributed by atoms with van der Waals surface area (Å²) >= 11 is 0. The zero-order chi connectivity index (χ0) is 16.8. The molecule has 2 aliphatic rings. The van der Waals surface area contributed by atoms with Crippen LogP contribution in [0.2, 0.25) is 0 Å². The standard InChI is InChI=1S/C19H14N2O3/c1-19(2)16(22)12-9-7-20-18(24)13(9)11-8-5-3-4-6-10(8)21-15(11)14(12)17(19)23/h3-6,21H,7H2,1-2H3,(H,20,24). The molecule has 2 heterocycles. The molecule has 5 nitrogen and oxygen atoms in total. The van der Waals surface area contributed by atoms with Crippen molar-refractivity contribution < 1.29 is 14.4 Å². The first-order chi connectivity index (χ1) is 11.4. The van der Waals surface area contributed by atoms with E-state index in [-0.39, 0.29) is 17.5 Å².